The second-order valence-corrected chi connectivity index (χ2v) is 7.02. The summed E-state index contributed by atoms with van der Waals surface area (Å²) >= 11 is 5.44. The maximum atomic E-state index is 6.28. The Kier molecular flexibility index (Phi) is 4.38. The summed E-state index contributed by atoms with van der Waals surface area (Å²) in [6.45, 7) is 4.80. The van der Waals surface area contributed by atoms with E-state index in [2.05, 4.69) is 6.92 Å². The average molecular weight is 354 g/mol. The van der Waals surface area contributed by atoms with Gasteiger partial charge in [0.15, 0.2) is 28.0 Å². The molecule has 0 saturated carbocycles. The molecule has 0 fully saturated rings. The highest BCUT2D eigenvalue weighted by Gasteiger charge is 2.33. The SMILES string of the molecule is CCCCCCc1c2c(c(C)c3c1Oc1ccccc1O3)C(=S)OC2. The number of para-hydroxylation sites is 2. The van der Waals surface area contributed by atoms with Gasteiger partial charge in [-0.15, -0.1) is 0 Å². The van der Waals surface area contributed by atoms with Crippen molar-refractivity contribution in [3.05, 3.63) is 46.5 Å². The number of unbranched alkanes of at least 4 members (excludes halogenated alkanes) is 3. The largest absolute Gasteiger partial charge is 0.478 e. The lowest BCUT2D eigenvalue weighted by molar-refractivity contribution is 0.317. The van der Waals surface area contributed by atoms with E-state index in [4.69, 9.17) is 26.4 Å². The number of ether oxygens (including phenoxy) is 3. The number of rotatable bonds is 5. The molecule has 0 unspecified atom stereocenters. The van der Waals surface area contributed by atoms with Gasteiger partial charge in [-0.05, 0) is 44.1 Å². The maximum absolute atomic E-state index is 6.28. The molecule has 0 bridgehead atoms. The van der Waals surface area contributed by atoms with E-state index >= 15 is 0 Å². The highest BCUT2D eigenvalue weighted by Crippen LogP contribution is 2.52. The Hall–Kier alpha value is -2.07. The fourth-order valence-corrected chi connectivity index (χ4v) is 3.98. The van der Waals surface area contributed by atoms with Gasteiger partial charge in [-0.1, -0.05) is 38.3 Å². The molecule has 4 rings (SSSR count). The van der Waals surface area contributed by atoms with E-state index in [1.807, 2.05) is 31.2 Å². The van der Waals surface area contributed by atoms with Gasteiger partial charge in [-0.25, -0.2) is 0 Å². The Labute approximate surface area is 153 Å². The molecule has 2 aromatic rings. The van der Waals surface area contributed by atoms with E-state index in [1.54, 1.807) is 0 Å². The van der Waals surface area contributed by atoms with Gasteiger partial charge in [0.2, 0.25) is 0 Å². The second kappa shape index (κ2) is 6.68. The zero-order valence-electron chi connectivity index (χ0n) is 14.7. The predicted molar refractivity (Wildman–Crippen MR) is 102 cm³/mol. The molecular formula is C21H22O3S. The molecule has 0 N–H and O–H groups in total. The van der Waals surface area contributed by atoms with Gasteiger partial charge in [0.05, 0.1) is 0 Å². The van der Waals surface area contributed by atoms with Crippen LogP contribution in [0.4, 0.5) is 0 Å². The Morgan fingerprint density at radius 2 is 1.72 bits per heavy atom. The molecule has 0 aliphatic carbocycles. The smallest absolute Gasteiger partial charge is 0.192 e. The Balaban J connectivity index is 1.79. The van der Waals surface area contributed by atoms with Crippen molar-refractivity contribution in [3.8, 4) is 23.0 Å². The van der Waals surface area contributed by atoms with Crippen molar-refractivity contribution >= 4 is 17.3 Å². The van der Waals surface area contributed by atoms with E-state index < -0.39 is 0 Å². The third-order valence-corrected chi connectivity index (χ3v) is 5.29. The molecule has 130 valence electrons. The molecule has 0 aromatic heterocycles. The minimum Gasteiger partial charge on any atom is -0.478 e. The van der Waals surface area contributed by atoms with Crippen molar-refractivity contribution in [2.45, 2.75) is 52.6 Å². The standard InChI is InChI=1S/C21H22O3S/c1-3-4-5-6-9-14-15-12-22-21(25)18(15)13(2)19-20(14)24-17-11-8-7-10-16(17)23-19/h7-8,10-11H,3-6,9,12H2,1-2H3. The zero-order valence-corrected chi connectivity index (χ0v) is 15.5. The molecule has 2 aliphatic heterocycles. The lowest BCUT2D eigenvalue weighted by atomic mass is 9.92. The fourth-order valence-electron chi connectivity index (χ4n) is 3.64. The molecule has 0 radical (unpaired) electrons. The van der Waals surface area contributed by atoms with Gasteiger partial charge < -0.3 is 14.2 Å². The van der Waals surface area contributed by atoms with Crippen LogP contribution in [0.3, 0.4) is 0 Å². The van der Waals surface area contributed by atoms with Gasteiger partial charge in [-0.2, -0.15) is 0 Å². The molecule has 0 saturated heterocycles. The molecule has 4 heteroatoms. The van der Waals surface area contributed by atoms with Crippen LogP contribution in [0.25, 0.3) is 0 Å². The molecule has 3 nitrogen and oxygen atoms in total. The van der Waals surface area contributed by atoms with E-state index in [9.17, 15) is 0 Å². The monoisotopic (exact) mass is 354 g/mol. The van der Waals surface area contributed by atoms with Crippen LogP contribution < -0.4 is 9.47 Å². The number of benzene rings is 2. The first-order valence-electron chi connectivity index (χ1n) is 9.00. The summed E-state index contributed by atoms with van der Waals surface area (Å²) in [4.78, 5) is 0. The Morgan fingerprint density at radius 1 is 1.00 bits per heavy atom. The van der Waals surface area contributed by atoms with Gasteiger partial charge in [0.1, 0.15) is 6.61 Å². The Morgan fingerprint density at radius 3 is 2.44 bits per heavy atom. The average Bonchev–Trinajstić information content (AvgIpc) is 3.01. The van der Waals surface area contributed by atoms with Gasteiger partial charge >= 0.3 is 0 Å². The topological polar surface area (TPSA) is 27.7 Å². The van der Waals surface area contributed by atoms with Crippen molar-refractivity contribution in [2.75, 3.05) is 0 Å². The van der Waals surface area contributed by atoms with E-state index in [0.717, 1.165) is 47.0 Å². The predicted octanol–water partition coefficient (Wildman–Crippen LogP) is 6.22. The first-order valence-corrected chi connectivity index (χ1v) is 9.41. The van der Waals surface area contributed by atoms with Crippen LogP contribution in [0.2, 0.25) is 0 Å². The number of fused-ring (bicyclic) bond motifs is 3. The van der Waals surface area contributed by atoms with E-state index in [-0.39, 0.29) is 0 Å². The summed E-state index contributed by atoms with van der Waals surface area (Å²) < 4.78 is 18.2. The van der Waals surface area contributed by atoms with Crippen molar-refractivity contribution in [2.24, 2.45) is 0 Å². The molecule has 2 aromatic carbocycles. The van der Waals surface area contributed by atoms with Crippen molar-refractivity contribution in [1.82, 2.24) is 0 Å². The molecule has 2 heterocycles. The first kappa shape index (κ1) is 16.4. The number of thiocarbonyl (C=S) groups is 1. The van der Waals surface area contributed by atoms with Crippen LogP contribution in [0.5, 0.6) is 23.0 Å². The van der Waals surface area contributed by atoms with Crippen molar-refractivity contribution in [1.29, 1.82) is 0 Å². The third-order valence-electron chi connectivity index (χ3n) is 4.97. The first-order chi connectivity index (χ1) is 12.2. The summed E-state index contributed by atoms with van der Waals surface area (Å²) in [6.07, 6.45) is 5.79. The summed E-state index contributed by atoms with van der Waals surface area (Å²) in [5, 5.41) is 0.576. The minimum atomic E-state index is 0.538. The summed E-state index contributed by atoms with van der Waals surface area (Å²) in [7, 11) is 0. The van der Waals surface area contributed by atoms with Crippen LogP contribution in [-0.2, 0) is 17.8 Å². The van der Waals surface area contributed by atoms with Crippen LogP contribution in [0, 0.1) is 6.92 Å². The number of hydrogen-bond donors (Lipinski definition) is 0. The highest BCUT2D eigenvalue weighted by atomic mass is 32.1. The highest BCUT2D eigenvalue weighted by molar-refractivity contribution is 7.80. The minimum absolute atomic E-state index is 0.538. The van der Waals surface area contributed by atoms with E-state index in [0.29, 0.717) is 11.7 Å². The van der Waals surface area contributed by atoms with Crippen LogP contribution >= 0.6 is 12.2 Å². The molecular weight excluding hydrogens is 332 g/mol. The normalized spacial score (nSPS) is 14.1. The molecule has 2 aliphatic rings. The van der Waals surface area contributed by atoms with E-state index in [1.165, 1.54) is 30.4 Å². The van der Waals surface area contributed by atoms with Crippen molar-refractivity contribution in [3.63, 3.8) is 0 Å². The zero-order chi connectivity index (χ0) is 17.4. The van der Waals surface area contributed by atoms with Gasteiger partial charge in [-0.3, -0.25) is 0 Å². The van der Waals surface area contributed by atoms with Crippen LogP contribution in [0.15, 0.2) is 24.3 Å². The quantitative estimate of drug-likeness (QED) is 0.401. The second-order valence-electron chi connectivity index (χ2n) is 6.65. The maximum Gasteiger partial charge on any atom is 0.192 e. The van der Waals surface area contributed by atoms with Crippen molar-refractivity contribution < 1.29 is 14.2 Å². The molecule has 25 heavy (non-hydrogen) atoms. The Bertz CT molecular complexity index is 842. The molecule has 0 atom stereocenters. The summed E-state index contributed by atoms with van der Waals surface area (Å²) in [5.41, 5.74) is 4.42. The van der Waals surface area contributed by atoms with Crippen LogP contribution in [0.1, 0.15) is 54.9 Å². The molecule has 0 amide bonds. The lowest BCUT2D eigenvalue weighted by Crippen LogP contribution is -2.09. The van der Waals surface area contributed by atoms with Gasteiger partial charge in [0, 0.05) is 22.3 Å². The third kappa shape index (κ3) is 2.78. The van der Waals surface area contributed by atoms with Gasteiger partial charge in [0.25, 0.3) is 0 Å². The molecule has 0 spiro atoms. The summed E-state index contributed by atoms with van der Waals surface area (Å²) in [5.74, 6) is 3.15. The lowest BCUT2D eigenvalue weighted by Gasteiger charge is -2.26. The van der Waals surface area contributed by atoms with Crippen LogP contribution in [-0.4, -0.2) is 5.05 Å². The summed E-state index contributed by atoms with van der Waals surface area (Å²) in [6, 6.07) is 7.80. The fraction of sp³-hybridized carbons (Fsp3) is 0.381. The number of hydrogen-bond acceptors (Lipinski definition) is 4.